The van der Waals surface area contributed by atoms with Crippen molar-refractivity contribution in [2.24, 2.45) is 18.5 Å². The van der Waals surface area contributed by atoms with Gasteiger partial charge in [-0.1, -0.05) is 6.92 Å². The highest BCUT2D eigenvalue weighted by Gasteiger charge is 2.06. The summed E-state index contributed by atoms with van der Waals surface area (Å²) < 4.78 is 3.98. The first-order chi connectivity index (χ1) is 7.01. The number of nitrogens with two attached hydrogens (primary N) is 2. The Hall–Kier alpha value is -1.40. The number of aliphatic carboxylic acids is 1. The summed E-state index contributed by atoms with van der Waals surface area (Å²) in [5, 5.41) is 9.13. The van der Waals surface area contributed by atoms with Crippen LogP contribution in [0.2, 0.25) is 0 Å². The summed E-state index contributed by atoms with van der Waals surface area (Å²) in [6, 6.07) is 0. The Morgan fingerprint density at radius 3 is 2.47 bits per heavy atom. The molecule has 15 heavy (non-hydrogen) atoms. The maximum absolute atomic E-state index is 9.13. The van der Waals surface area contributed by atoms with Gasteiger partial charge < -0.3 is 15.6 Å². The molecule has 0 amide bonds. The van der Waals surface area contributed by atoms with E-state index < -0.39 is 5.97 Å². The fourth-order valence-corrected chi connectivity index (χ4v) is 0.876. The predicted octanol–water partition coefficient (Wildman–Crippen LogP) is -2.13. The van der Waals surface area contributed by atoms with E-state index in [4.69, 9.17) is 15.6 Å². The van der Waals surface area contributed by atoms with Crippen molar-refractivity contribution >= 4 is 5.97 Å². The van der Waals surface area contributed by atoms with Gasteiger partial charge in [-0.05, 0) is 6.42 Å². The van der Waals surface area contributed by atoms with Gasteiger partial charge in [0.2, 0.25) is 6.33 Å². The molecule has 0 aliphatic carbocycles. The number of rotatable bonds is 3. The Morgan fingerprint density at radius 2 is 2.20 bits per heavy atom. The summed E-state index contributed by atoms with van der Waals surface area (Å²) in [5.74, 6) is -1.22. The largest absolute Gasteiger partial charge is 0.549 e. The van der Waals surface area contributed by atoms with Gasteiger partial charge in [0.25, 0.3) is 0 Å². The van der Waals surface area contributed by atoms with Crippen LogP contribution in [0.3, 0.4) is 0 Å². The standard InChI is InChI=1S/C7H14N3.C2H5NO2/c1-3-7(8)10-5-4-9(2)6-10;3-1-2(4)5/h4-7H,3,8H2,1-2H3;1,3H2,(H,4,5)/q+1;/p-1. The highest BCUT2D eigenvalue weighted by molar-refractivity contribution is 5.66. The molecule has 0 radical (unpaired) electrons. The maximum atomic E-state index is 9.13. The number of aromatic nitrogens is 2. The van der Waals surface area contributed by atoms with Crippen molar-refractivity contribution in [2.45, 2.75) is 19.5 Å². The van der Waals surface area contributed by atoms with E-state index in [9.17, 15) is 0 Å². The number of carbonyl (C=O) groups excluding carboxylic acids is 1. The van der Waals surface area contributed by atoms with Crippen LogP contribution >= 0.6 is 0 Å². The molecule has 0 fully saturated rings. The zero-order chi connectivity index (χ0) is 11.8. The second-order valence-electron chi connectivity index (χ2n) is 3.08. The average Bonchev–Trinajstić information content (AvgIpc) is 2.64. The SMILES string of the molecule is CCC(N)n1cc[n+](C)c1.NCC(=O)[O-]. The van der Waals surface area contributed by atoms with Gasteiger partial charge in [0, 0.05) is 6.54 Å². The van der Waals surface area contributed by atoms with Crippen LogP contribution in [0.4, 0.5) is 0 Å². The third kappa shape index (κ3) is 5.82. The molecule has 1 heterocycles. The fourth-order valence-electron chi connectivity index (χ4n) is 0.876. The minimum absolute atomic E-state index is 0.126. The lowest BCUT2D eigenvalue weighted by Crippen LogP contribution is -2.30. The number of carbonyl (C=O) groups is 1. The van der Waals surface area contributed by atoms with Gasteiger partial charge in [0.1, 0.15) is 18.6 Å². The molecular weight excluding hydrogens is 196 g/mol. The van der Waals surface area contributed by atoms with Gasteiger partial charge in [0.05, 0.1) is 13.0 Å². The van der Waals surface area contributed by atoms with Crippen molar-refractivity contribution in [3.63, 3.8) is 0 Å². The molecule has 1 atom stereocenters. The monoisotopic (exact) mass is 214 g/mol. The summed E-state index contributed by atoms with van der Waals surface area (Å²) in [6.07, 6.45) is 7.04. The Kier molecular flexibility index (Phi) is 6.32. The molecule has 0 aliphatic rings. The lowest BCUT2D eigenvalue weighted by Gasteiger charge is -2.01. The fraction of sp³-hybridized carbons (Fsp3) is 0.556. The summed E-state index contributed by atoms with van der Waals surface area (Å²) in [5.41, 5.74) is 10.3. The molecule has 6 nitrogen and oxygen atoms in total. The lowest BCUT2D eigenvalue weighted by molar-refractivity contribution is -0.671. The van der Waals surface area contributed by atoms with E-state index in [1.807, 2.05) is 34.9 Å². The van der Waals surface area contributed by atoms with Gasteiger partial charge in [-0.2, -0.15) is 0 Å². The highest BCUT2D eigenvalue weighted by Crippen LogP contribution is 1.99. The van der Waals surface area contributed by atoms with Gasteiger partial charge >= 0.3 is 0 Å². The van der Waals surface area contributed by atoms with Crippen LogP contribution in [0.5, 0.6) is 0 Å². The van der Waals surface area contributed by atoms with Crippen LogP contribution in [0.15, 0.2) is 18.7 Å². The third-order valence-electron chi connectivity index (χ3n) is 1.76. The van der Waals surface area contributed by atoms with E-state index in [0.29, 0.717) is 0 Å². The van der Waals surface area contributed by atoms with E-state index in [-0.39, 0.29) is 12.7 Å². The minimum atomic E-state index is -1.22. The second kappa shape index (κ2) is 6.97. The van der Waals surface area contributed by atoms with E-state index in [1.54, 1.807) is 0 Å². The number of hydrogen-bond donors (Lipinski definition) is 2. The van der Waals surface area contributed by atoms with Gasteiger partial charge in [0.15, 0.2) is 0 Å². The number of hydrogen-bond acceptors (Lipinski definition) is 4. The number of nitrogens with zero attached hydrogens (tertiary/aromatic N) is 2. The molecule has 0 saturated carbocycles. The molecule has 1 unspecified atom stereocenters. The molecule has 0 bridgehead atoms. The van der Waals surface area contributed by atoms with E-state index >= 15 is 0 Å². The molecule has 1 rings (SSSR count). The Balaban J connectivity index is 0.000000336. The third-order valence-corrected chi connectivity index (χ3v) is 1.76. The Bertz CT molecular complexity index is 298. The van der Waals surface area contributed by atoms with E-state index in [0.717, 1.165) is 6.42 Å². The first-order valence-corrected chi connectivity index (χ1v) is 4.69. The predicted molar refractivity (Wildman–Crippen MR) is 53.2 cm³/mol. The van der Waals surface area contributed by atoms with Crippen LogP contribution in [-0.2, 0) is 11.8 Å². The average molecular weight is 214 g/mol. The topological polar surface area (TPSA) is 101 Å². The van der Waals surface area contributed by atoms with Crippen molar-refractivity contribution in [1.82, 2.24) is 4.57 Å². The van der Waals surface area contributed by atoms with E-state index in [2.05, 4.69) is 12.7 Å². The Labute approximate surface area is 89.1 Å². The Morgan fingerprint density at radius 1 is 1.67 bits per heavy atom. The molecule has 0 aliphatic heterocycles. The quantitative estimate of drug-likeness (QED) is 0.561. The maximum Gasteiger partial charge on any atom is 0.244 e. The first-order valence-electron chi connectivity index (χ1n) is 4.69. The van der Waals surface area contributed by atoms with Crippen LogP contribution in [-0.4, -0.2) is 17.1 Å². The van der Waals surface area contributed by atoms with Crippen molar-refractivity contribution in [1.29, 1.82) is 0 Å². The summed E-state index contributed by atoms with van der Waals surface area (Å²) >= 11 is 0. The molecule has 6 heteroatoms. The normalized spacial score (nSPS) is 11.5. The van der Waals surface area contributed by atoms with Crippen LogP contribution in [0.25, 0.3) is 0 Å². The molecule has 0 aromatic carbocycles. The molecular formula is C9H18N4O2. The zero-order valence-electron chi connectivity index (χ0n) is 9.09. The van der Waals surface area contributed by atoms with Crippen LogP contribution in [0.1, 0.15) is 19.5 Å². The molecule has 0 spiro atoms. The number of carboxylic acids is 1. The summed E-state index contributed by atoms with van der Waals surface area (Å²) in [7, 11) is 1.98. The summed E-state index contributed by atoms with van der Waals surface area (Å²) in [4.78, 5) is 9.13. The number of carboxylic acid groups (broad SMARTS) is 1. The van der Waals surface area contributed by atoms with E-state index in [1.165, 1.54) is 0 Å². The van der Waals surface area contributed by atoms with Crippen molar-refractivity contribution in [3.8, 4) is 0 Å². The molecule has 1 aromatic heterocycles. The van der Waals surface area contributed by atoms with Gasteiger partial charge in [-0.25, -0.2) is 9.13 Å². The molecule has 1 aromatic rings. The first kappa shape index (κ1) is 13.6. The molecule has 0 saturated heterocycles. The lowest BCUT2D eigenvalue weighted by atomic mass is 10.4. The van der Waals surface area contributed by atoms with Crippen LogP contribution in [0, 0.1) is 0 Å². The molecule has 86 valence electrons. The summed E-state index contributed by atoms with van der Waals surface area (Å²) in [6.45, 7) is 1.69. The highest BCUT2D eigenvalue weighted by atomic mass is 16.4. The van der Waals surface area contributed by atoms with Crippen molar-refractivity contribution < 1.29 is 14.5 Å². The van der Waals surface area contributed by atoms with Gasteiger partial charge in [-0.3, -0.25) is 5.73 Å². The number of imidazole rings is 1. The van der Waals surface area contributed by atoms with Crippen molar-refractivity contribution in [2.75, 3.05) is 6.54 Å². The van der Waals surface area contributed by atoms with Crippen molar-refractivity contribution in [3.05, 3.63) is 18.7 Å². The zero-order valence-corrected chi connectivity index (χ0v) is 9.09. The smallest absolute Gasteiger partial charge is 0.244 e. The minimum Gasteiger partial charge on any atom is -0.549 e. The molecule has 4 N–H and O–H groups in total. The van der Waals surface area contributed by atoms with Gasteiger partial charge in [-0.15, -0.1) is 0 Å². The van der Waals surface area contributed by atoms with Crippen LogP contribution < -0.4 is 21.1 Å². The second-order valence-corrected chi connectivity index (χ2v) is 3.08. The number of aryl methyl sites for hydroxylation is 1.